The molecular weight excluding hydrogens is 360 g/mol. The number of ketones is 1. The quantitative estimate of drug-likeness (QED) is 0.736. The molecule has 1 saturated heterocycles. The van der Waals surface area contributed by atoms with Crippen LogP contribution in [0.25, 0.3) is 0 Å². The van der Waals surface area contributed by atoms with Gasteiger partial charge >= 0.3 is 11.9 Å². The Labute approximate surface area is 164 Å². The molecule has 0 N–H and O–H groups in total. The van der Waals surface area contributed by atoms with Gasteiger partial charge in [-0.1, -0.05) is 6.92 Å². The molecule has 6 heteroatoms. The molecule has 28 heavy (non-hydrogen) atoms. The second-order valence-electron chi connectivity index (χ2n) is 7.59. The van der Waals surface area contributed by atoms with Gasteiger partial charge in [0.1, 0.15) is 22.9 Å². The molecule has 1 spiro atoms. The van der Waals surface area contributed by atoms with Crippen molar-refractivity contribution in [2.24, 2.45) is 5.41 Å². The second-order valence-corrected chi connectivity index (χ2v) is 7.59. The van der Waals surface area contributed by atoms with Crippen LogP contribution in [-0.4, -0.2) is 30.4 Å². The first kappa shape index (κ1) is 19.9. The molecule has 1 aliphatic heterocycles. The first-order valence-corrected chi connectivity index (χ1v) is 9.24. The Bertz CT molecular complexity index is 850. The Hall–Kier alpha value is -2.89. The van der Waals surface area contributed by atoms with E-state index >= 15 is 0 Å². The highest BCUT2D eigenvalue weighted by molar-refractivity contribution is 5.90. The van der Waals surface area contributed by atoms with Gasteiger partial charge in [0.15, 0.2) is 0 Å². The van der Waals surface area contributed by atoms with Gasteiger partial charge in [0.05, 0.1) is 19.1 Å². The van der Waals surface area contributed by atoms with Gasteiger partial charge in [-0.15, -0.1) is 0 Å². The van der Waals surface area contributed by atoms with Gasteiger partial charge in [0.25, 0.3) is 0 Å². The van der Waals surface area contributed by atoms with Gasteiger partial charge in [-0.25, -0.2) is 4.79 Å². The van der Waals surface area contributed by atoms with Crippen molar-refractivity contribution < 1.29 is 28.6 Å². The summed E-state index contributed by atoms with van der Waals surface area (Å²) in [5.74, 6) is 0.193. The highest BCUT2D eigenvalue weighted by Crippen LogP contribution is 2.41. The molecule has 0 amide bonds. The third-order valence-corrected chi connectivity index (χ3v) is 5.54. The number of Topliss-reactive ketones (excluding diaryl/α,β-unsaturated/α-hetero) is 1. The smallest absolute Gasteiger partial charge is 0.343 e. The summed E-state index contributed by atoms with van der Waals surface area (Å²) in [5, 5.41) is 0. The van der Waals surface area contributed by atoms with Crippen LogP contribution < -0.4 is 4.74 Å². The molecule has 1 fully saturated rings. The average Bonchev–Trinajstić information content (AvgIpc) is 2.80. The third kappa shape index (κ3) is 4.16. The zero-order valence-electron chi connectivity index (χ0n) is 16.3. The topological polar surface area (TPSA) is 78.9 Å². The van der Waals surface area contributed by atoms with Crippen molar-refractivity contribution in [3.8, 4) is 5.75 Å². The molecule has 1 aromatic carbocycles. The van der Waals surface area contributed by atoms with Crippen molar-refractivity contribution in [2.75, 3.05) is 7.11 Å². The zero-order chi connectivity index (χ0) is 20.4. The van der Waals surface area contributed by atoms with E-state index in [1.807, 2.05) is 0 Å². The minimum Gasteiger partial charge on any atom is -0.497 e. The molecule has 2 aliphatic rings. The predicted octanol–water partition coefficient (Wildman–Crippen LogP) is 3.76. The molecule has 148 valence electrons. The second kappa shape index (κ2) is 7.62. The normalized spacial score (nSPS) is 26.8. The van der Waals surface area contributed by atoms with E-state index in [1.54, 1.807) is 56.5 Å². The fourth-order valence-corrected chi connectivity index (χ4v) is 3.38. The Balaban J connectivity index is 1.66. The van der Waals surface area contributed by atoms with E-state index in [-0.39, 0.29) is 18.2 Å². The standard InChI is InChI=1S/C22H24O6/c1-15(23)21(2)12-13-22(28-19(24)14-21)10-8-18(9-11-22)27-20(25)16-4-6-17(26-3)7-5-16/h4-10H,11-14H2,1-3H3. The van der Waals surface area contributed by atoms with Crippen LogP contribution in [0.3, 0.4) is 0 Å². The van der Waals surface area contributed by atoms with Crippen LogP contribution in [0.5, 0.6) is 5.75 Å². The molecule has 0 bridgehead atoms. The largest absolute Gasteiger partial charge is 0.497 e. The van der Waals surface area contributed by atoms with E-state index in [4.69, 9.17) is 14.2 Å². The number of ether oxygens (including phenoxy) is 3. The summed E-state index contributed by atoms with van der Waals surface area (Å²) in [4.78, 5) is 36.5. The van der Waals surface area contributed by atoms with Gasteiger partial charge in [0, 0.05) is 11.8 Å². The molecule has 0 radical (unpaired) electrons. The Morgan fingerprint density at radius 2 is 1.86 bits per heavy atom. The van der Waals surface area contributed by atoms with Crippen LogP contribution >= 0.6 is 0 Å². The summed E-state index contributed by atoms with van der Waals surface area (Å²) in [7, 11) is 1.56. The Kier molecular flexibility index (Phi) is 5.40. The maximum absolute atomic E-state index is 12.3. The van der Waals surface area contributed by atoms with E-state index in [1.165, 1.54) is 6.92 Å². The maximum atomic E-state index is 12.3. The van der Waals surface area contributed by atoms with Crippen molar-refractivity contribution in [3.05, 3.63) is 53.8 Å². The highest BCUT2D eigenvalue weighted by Gasteiger charge is 2.43. The monoisotopic (exact) mass is 384 g/mol. The van der Waals surface area contributed by atoms with Gasteiger partial charge in [-0.05, 0) is 62.3 Å². The minimum atomic E-state index is -0.791. The van der Waals surface area contributed by atoms with Crippen molar-refractivity contribution >= 4 is 17.7 Å². The number of carbonyl (C=O) groups is 3. The lowest BCUT2D eigenvalue weighted by Crippen LogP contribution is -2.32. The fraction of sp³-hybridized carbons (Fsp3) is 0.409. The number of carbonyl (C=O) groups excluding carboxylic acids is 3. The molecular formula is C22H24O6. The SMILES string of the molecule is COc1ccc(C(=O)OC2=CCC3(C=C2)CCC(C)(C(C)=O)CC(=O)O3)cc1. The fourth-order valence-electron chi connectivity index (χ4n) is 3.38. The van der Waals surface area contributed by atoms with E-state index in [9.17, 15) is 14.4 Å². The molecule has 3 rings (SSSR count). The summed E-state index contributed by atoms with van der Waals surface area (Å²) in [6.07, 6.45) is 6.73. The van der Waals surface area contributed by atoms with E-state index in [2.05, 4.69) is 0 Å². The number of allylic oxidation sites excluding steroid dienone is 1. The van der Waals surface area contributed by atoms with Crippen LogP contribution in [0.2, 0.25) is 0 Å². The molecule has 0 aromatic heterocycles. The summed E-state index contributed by atoms with van der Waals surface area (Å²) in [6.45, 7) is 3.32. The first-order valence-electron chi connectivity index (χ1n) is 9.24. The third-order valence-electron chi connectivity index (χ3n) is 5.54. The maximum Gasteiger partial charge on any atom is 0.343 e. The molecule has 6 nitrogen and oxygen atoms in total. The van der Waals surface area contributed by atoms with Crippen LogP contribution in [0.1, 0.15) is 49.9 Å². The van der Waals surface area contributed by atoms with Crippen LogP contribution in [-0.2, 0) is 19.1 Å². The lowest BCUT2D eigenvalue weighted by atomic mass is 9.76. The molecule has 1 heterocycles. The summed E-state index contributed by atoms with van der Waals surface area (Å²) < 4.78 is 16.2. The zero-order valence-corrected chi connectivity index (χ0v) is 16.3. The Morgan fingerprint density at radius 3 is 2.43 bits per heavy atom. The van der Waals surface area contributed by atoms with E-state index in [0.29, 0.717) is 36.3 Å². The van der Waals surface area contributed by atoms with E-state index in [0.717, 1.165) is 0 Å². The molecule has 2 unspecified atom stereocenters. The van der Waals surface area contributed by atoms with Gasteiger partial charge in [-0.2, -0.15) is 0 Å². The van der Waals surface area contributed by atoms with E-state index < -0.39 is 17.0 Å². The van der Waals surface area contributed by atoms with Crippen molar-refractivity contribution in [1.82, 2.24) is 0 Å². The minimum absolute atomic E-state index is 0.00839. The van der Waals surface area contributed by atoms with Crippen LogP contribution in [0, 0.1) is 5.41 Å². The van der Waals surface area contributed by atoms with Crippen molar-refractivity contribution in [3.63, 3.8) is 0 Å². The number of hydrogen-bond acceptors (Lipinski definition) is 6. The van der Waals surface area contributed by atoms with Gasteiger partial charge in [-0.3, -0.25) is 9.59 Å². The number of esters is 2. The average molecular weight is 384 g/mol. The molecule has 1 aliphatic carbocycles. The Morgan fingerprint density at radius 1 is 1.14 bits per heavy atom. The number of benzene rings is 1. The number of rotatable bonds is 4. The van der Waals surface area contributed by atoms with Gasteiger partial charge in [0.2, 0.25) is 0 Å². The molecule has 0 saturated carbocycles. The lowest BCUT2D eigenvalue weighted by Gasteiger charge is -2.30. The van der Waals surface area contributed by atoms with Crippen molar-refractivity contribution in [1.29, 1.82) is 0 Å². The molecule has 2 atom stereocenters. The summed E-state index contributed by atoms with van der Waals surface area (Å²) in [6, 6.07) is 6.64. The van der Waals surface area contributed by atoms with Crippen molar-refractivity contribution in [2.45, 2.75) is 45.1 Å². The number of hydrogen-bond donors (Lipinski definition) is 0. The highest BCUT2D eigenvalue weighted by atomic mass is 16.6. The first-order chi connectivity index (χ1) is 13.3. The van der Waals surface area contributed by atoms with Crippen LogP contribution in [0.15, 0.2) is 48.3 Å². The van der Waals surface area contributed by atoms with Gasteiger partial charge < -0.3 is 14.2 Å². The summed E-state index contributed by atoms with van der Waals surface area (Å²) in [5.41, 5.74) is -1.08. The molecule has 1 aromatic rings. The number of methoxy groups -OCH3 is 1. The summed E-state index contributed by atoms with van der Waals surface area (Å²) >= 11 is 0. The predicted molar refractivity (Wildman–Crippen MR) is 102 cm³/mol. The van der Waals surface area contributed by atoms with Crippen LogP contribution in [0.4, 0.5) is 0 Å². The lowest BCUT2D eigenvalue weighted by molar-refractivity contribution is -0.155.